The fourth-order valence-electron chi connectivity index (χ4n) is 2.30. The van der Waals surface area contributed by atoms with Gasteiger partial charge in [-0.1, -0.05) is 12.1 Å². The molecule has 2 aromatic rings. The molecule has 0 aliphatic heterocycles. The Morgan fingerprint density at radius 3 is 2.32 bits per heavy atom. The van der Waals surface area contributed by atoms with E-state index in [1.165, 1.54) is 19.1 Å². The van der Waals surface area contributed by atoms with E-state index in [4.69, 9.17) is 0 Å². The molecule has 0 radical (unpaired) electrons. The van der Waals surface area contributed by atoms with Crippen LogP contribution in [0.2, 0.25) is 0 Å². The van der Waals surface area contributed by atoms with E-state index in [1.807, 2.05) is 0 Å². The van der Waals surface area contributed by atoms with Gasteiger partial charge in [-0.2, -0.15) is 0 Å². The van der Waals surface area contributed by atoms with E-state index in [2.05, 4.69) is 5.32 Å². The molecule has 0 saturated carbocycles. The van der Waals surface area contributed by atoms with Gasteiger partial charge in [0.25, 0.3) is 0 Å². The second-order valence-corrected chi connectivity index (χ2v) is 5.25. The number of hydrogen-bond donors (Lipinski definition) is 1. The number of anilines is 1. The van der Waals surface area contributed by atoms with Gasteiger partial charge >= 0.3 is 0 Å². The van der Waals surface area contributed by atoms with Crippen molar-refractivity contribution >= 4 is 17.4 Å². The van der Waals surface area contributed by atoms with Crippen molar-refractivity contribution < 1.29 is 9.59 Å². The Morgan fingerprint density at radius 2 is 1.73 bits per heavy atom. The quantitative estimate of drug-likeness (QED) is 0.881. The normalized spacial score (nSPS) is 10.3. The van der Waals surface area contributed by atoms with Crippen LogP contribution in [0.15, 0.2) is 41.2 Å². The summed E-state index contributed by atoms with van der Waals surface area (Å²) in [6, 6.07) is 9.80. The molecule has 1 amide bonds. The van der Waals surface area contributed by atoms with Crippen molar-refractivity contribution in [2.75, 3.05) is 5.32 Å². The Kier molecular flexibility index (Phi) is 4.56. The second kappa shape index (κ2) is 6.39. The molecule has 0 bridgehead atoms. The molecule has 0 unspecified atom stereocenters. The van der Waals surface area contributed by atoms with Gasteiger partial charge in [-0.25, -0.2) is 0 Å². The van der Waals surface area contributed by atoms with Crippen LogP contribution in [0.1, 0.15) is 28.7 Å². The molecule has 22 heavy (non-hydrogen) atoms. The van der Waals surface area contributed by atoms with Crippen molar-refractivity contribution in [3.05, 3.63) is 63.6 Å². The minimum atomic E-state index is -0.212. The number of carbonyl (C=O) groups excluding carboxylic acids is 2. The fraction of sp³-hybridized carbons (Fsp3) is 0.235. The minimum Gasteiger partial charge on any atom is -0.340 e. The number of benzene rings is 1. The number of aryl methyl sites for hydroxylation is 2. The standard InChI is InChI=1S/C17H18N2O3/c1-11-7-16(21)8-12(2)19(11)10-17(22)18-15-6-4-5-14(9-15)13(3)20/h4-9H,10H2,1-3H3,(H,18,22). The molecule has 0 aliphatic rings. The smallest absolute Gasteiger partial charge is 0.244 e. The predicted octanol–water partition coefficient (Wildman–Crippen LogP) is 2.31. The van der Waals surface area contributed by atoms with Crippen LogP contribution >= 0.6 is 0 Å². The maximum Gasteiger partial charge on any atom is 0.244 e. The Morgan fingerprint density at radius 1 is 1.09 bits per heavy atom. The molecule has 0 aliphatic carbocycles. The highest BCUT2D eigenvalue weighted by atomic mass is 16.2. The summed E-state index contributed by atoms with van der Waals surface area (Å²) < 4.78 is 1.77. The lowest BCUT2D eigenvalue weighted by molar-refractivity contribution is -0.116. The first-order valence-electron chi connectivity index (χ1n) is 6.96. The molecule has 0 fully saturated rings. The molecular weight excluding hydrogens is 280 g/mol. The van der Waals surface area contributed by atoms with Gasteiger partial charge in [0.1, 0.15) is 6.54 Å². The van der Waals surface area contributed by atoms with Crippen molar-refractivity contribution in [3.63, 3.8) is 0 Å². The van der Waals surface area contributed by atoms with Gasteiger partial charge < -0.3 is 9.88 Å². The van der Waals surface area contributed by atoms with Gasteiger partial charge in [-0.05, 0) is 32.9 Å². The van der Waals surface area contributed by atoms with E-state index in [1.54, 1.807) is 42.7 Å². The van der Waals surface area contributed by atoms with Crippen LogP contribution in [0.3, 0.4) is 0 Å². The van der Waals surface area contributed by atoms with Crippen molar-refractivity contribution in [3.8, 4) is 0 Å². The molecule has 114 valence electrons. The summed E-state index contributed by atoms with van der Waals surface area (Å²) in [6.07, 6.45) is 0. The van der Waals surface area contributed by atoms with Gasteiger partial charge in [0, 0.05) is 34.8 Å². The monoisotopic (exact) mass is 298 g/mol. The van der Waals surface area contributed by atoms with Crippen LogP contribution < -0.4 is 10.7 Å². The number of aromatic nitrogens is 1. The molecule has 2 rings (SSSR count). The van der Waals surface area contributed by atoms with E-state index >= 15 is 0 Å². The Labute approximate surface area is 128 Å². The first kappa shape index (κ1) is 15.7. The number of ketones is 1. The highest BCUT2D eigenvalue weighted by Gasteiger charge is 2.08. The molecule has 1 aromatic carbocycles. The second-order valence-electron chi connectivity index (χ2n) is 5.25. The number of rotatable bonds is 4. The third-order valence-electron chi connectivity index (χ3n) is 3.41. The fourth-order valence-corrected chi connectivity index (χ4v) is 2.30. The minimum absolute atomic E-state index is 0.0526. The lowest BCUT2D eigenvalue weighted by Crippen LogP contribution is -2.23. The van der Waals surface area contributed by atoms with Gasteiger partial charge in [-0.3, -0.25) is 14.4 Å². The number of carbonyl (C=O) groups is 2. The molecule has 0 saturated heterocycles. The van der Waals surface area contributed by atoms with Gasteiger partial charge in [0.2, 0.25) is 5.91 Å². The summed E-state index contributed by atoms with van der Waals surface area (Å²) in [5.41, 5.74) is 2.53. The topological polar surface area (TPSA) is 68.2 Å². The summed E-state index contributed by atoms with van der Waals surface area (Å²) in [6.45, 7) is 5.17. The third-order valence-corrected chi connectivity index (χ3v) is 3.41. The van der Waals surface area contributed by atoms with Crippen molar-refractivity contribution in [1.29, 1.82) is 0 Å². The first-order chi connectivity index (χ1) is 10.4. The number of Topliss-reactive ketones (excluding diaryl/α,β-unsaturated/α-hetero) is 1. The van der Waals surface area contributed by atoms with E-state index in [-0.39, 0.29) is 23.7 Å². The zero-order valence-corrected chi connectivity index (χ0v) is 12.8. The van der Waals surface area contributed by atoms with E-state index in [0.717, 1.165) is 11.4 Å². The zero-order valence-electron chi connectivity index (χ0n) is 12.8. The average molecular weight is 298 g/mol. The molecule has 1 N–H and O–H groups in total. The van der Waals surface area contributed by atoms with E-state index < -0.39 is 0 Å². The van der Waals surface area contributed by atoms with Crippen LogP contribution in [0.4, 0.5) is 5.69 Å². The van der Waals surface area contributed by atoms with Crippen LogP contribution in [-0.2, 0) is 11.3 Å². The maximum absolute atomic E-state index is 12.2. The summed E-state index contributed by atoms with van der Waals surface area (Å²) >= 11 is 0. The van der Waals surface area contributed by atoms with Gasteiger partial charge in [0.15, 0.2) is 11.2 Å². The number of nitrogens with zero attached hydrogens (tertiary/aromatic N) is 1. The molecule has 0 spiro atoms. The zero-order chi connectivity index (χ0) is 16.3. The molecule has 5 nitrogen and oxygen atoms in total. The SMILES string of the molecule is CC(=O)c1cccc(NC(=O)Cn2c(C)cc(=O)cc2C)c1. The molecular formula is C17H18N2O3. The highest BCUT2D eigenvalue weighted by molar-refractivity contribution is 5.97. The molecule has 1 heterocycles. The summed E-state index contributed by atoms with van der Waals surface area (Å²) in [4.78, 5) is 34.9. The number of hydrogen-bond acceptors (Lipinski definition) is 3. The number of pyridine rings is 1. The van der Waals surface area contributed by atoms with Crippen LogP contribution in [0.5, 0.6) is 0 Å². The van der Waals surface area contributed by atoms with Gasteiger partial charge in [-0.15, -0.1) is 0 Å². The average Bonchev–Trinajstić information content (AvgIpc) is 2.43. The maximum atomic E-state index is 12.2. The summed E-state index contributed by atoms with van der Waals surface area (Å²) in [7, 11) is 0. The van der Waals surface area contributed by atoms with Crippen LogP contribution in [0, 0.1) is 13.8 Å². The Hall–Kier alpha value is -2.69. The van der Waals surface area contributed by atoms with E-state index in [9.17, 15) is 14.4 Å². The highest BCUT2D eigenvalue weighted by Crippen LogP contribution is 2.11. The van der Waals surface area contributed by atoms with Crippen molar-refractivity contribution in [1.82, 2.24) is 4.57 Å². The molecule has 5 heteroatoms. The first-order valence-corrected chi connectivity index (χ1v) is 6.96. The predicted molar refractivity (Wildman–Crippen MR) is 85.3 cm³/mol. The van der Waals surface area contributed by atoms with Crippen molar-refractivity contribution in [2.45, 2.75) is 27.3 Å². The van der Waals surface area contributed by atoms with Gasteiger partial charge in [0.05, 0.1) is 0 Å². The Balaban J connectivity index is 2.16. The molecule has 0 atom stereocenters. The van der Waals surface area contributed by atoms with Crippen LogP contribution in [0.25, 0.3) is 0 Å². The van der Waals surface area contributed by atoms with Crippen LogP contribution in [-0.4, -0.2) is 16.3 Å². The van der Waals surface area contributed by atoms with E-state index in [0.29, 0.717) is 11.3 Å². The lowest BCUT2D eigenvalue weighted by atomic mass is 10.1. The largest absolute Gasteiger partial charge is 0.340 e. The van der Waals surface area contributed by atoms with Crippen molar-refractivity contribution in [2.24, 2.45) is 0 Å². The third kappa shape index (κ3) is 3.69. The number of amides is 1. The summed E-state index contributed by atoms with van der Waals surface area (Å²) in [5, 5.41) is 2.76. The lowest BCUT2D eigenvalue weighted by Gasteiger charge is -2.14. The molecule has 1 aromatic heterocycles. The Bertz CT molecular complexity index is 764. The summed E-state index contributed by atoms with van der Waals surface area (Å²) in [5.74, 6) is -0.265. The number of nitrogens with one attached hydrogen (secondary N) is 1.